The molecule has 0 radical (unpaired) electrons. The number of benzene rings is 2. The van der Waals surface area contributed by atoms with Crippen LogP contribution in [0.3, 0.4) is 0 Å². The number of amides is 1. The van der Waals surface area contributed by atoms with Crippen molar-refractivity contribution in [3.05, 3.63) is 77.2 Å². The third-order valence-electron chi connectivity index (χ3n) is 5.35. The Morgan fingerprint density at radius 2 is 1.89 bits per heavy atom. The highest BCUT2D eigenvalue weighted by molar-refractivity contribution is 5.95. The van der Waals surface area contributed by atoms with E-state index >= 15 is 0 Å². The van der Waals surface area contributed by atoms with Crippen LogP contribution < -0.4 is 16.0 Å². The third kappa shape index (κ3) is 5.83. The van der Waals surface area contributed by atoms with Crippen LogP contribution in [0.1, 0.15) is 33.4 Å². The van der Waals surface area contributed by atoms with Gasteiger partial charge in [-0.2, -0.15) is 23.1 Å². The molecule has 0 spiro atoms. The lowest BCUT2D eigenvalue weighted by Gasteiger charge is -2.19. The lowest BCUT2D eigenvalue weighted by atomic mass is 10.1. The van der Waals surface area contributed by atoms with Crippen LogP contribution in [-0.2, 0) is 6.18 Å². The highest BCUT2D eigenvalue weighted by Gasteiger charge is 2.37. The Hall–Kier alpha value is -4.52. The van der Waals surface area contributed by atoms with Crippen molar-refractivity contribution in [1.29, 1.82) is 0 Å². The smallest absolute Gasteiger partial charge is 0.394 e. The normalized spacial score (nSPS) is 12.2. The molecule has 4 rings (SSSR count). The second-order valence-corrected chi connectivity index (χ2v) is 7.90. The van der Waals surface area contributed by atoms with Crippen molar-refractivity contribution >= 4 is 23.4 Å². The van der Waals surface area contributed by atoms with Crippen molar-refractivity contribution in [2.24, 2.45) is 0 Å². The molecule has 0 bridgehead atoms. The van der Waals surface area contributed by atoms with E-state index in [4.69, 9.17) is 4.52 Å². The monoisotopic (exact) mass is 513 g/mol. The Morgan fingerprint density at radius 3 is 2.51 bits per heavy atom. The molecule has 1 atom stereocenters. The molecule has 13 heteroatoms. The van der Waals surface area contributed by atoms with Gasteiger partial charge >= 0.3 is 6.18 Å². The van der Waals surface area contributed by atoms with E-state index in [9.17, 15) is 23.1 Å². The number of hydrogen-bond acceptors (Lipinski definition) is 9. The summed E-state index contributed by atoms with van der Waals surface area (Å²) in [6, 6.07) is 13.3. The zero-order valence-electron chi connectivity index (χ0n) is 19.7. The summed E-state index contributed by atoms with van der Waals surface area (Å²) in [6.07, 6.45) is -3.56. The van der Waals surface area contributed by atoms with Gasteiger partial charge in [-0.15, -0.1) is 0 Å². The summed E-state index contributed by atoms with van der Waals surface area (Å²) >= 11 is 0. The number of aliphatic hydroxyl groups is 1. The predicted octanol–water partition coefficient (Wildman–Crippen LogP) is 4.10. The van der Waals surface area contributed by atoms with E-state index in [1.54, 1.807) is 49.4 Å². The first-order chi connectivity index (χ1) is 17.7. The summed E-state index contributed by atoms with van der Waals surface area (Å²) in [7, 11) is 1.54. The molecular formula is C24H22F3N7O3. The lowest BCUT2D eigenvalue weighted by molar-refractivity contribution is -0.146. The lowest BCUT2D eigenvalue weighted by Crippen LogP contribution is -2.19. The zero-order chi connectivity index (χ0) is 26.6. The maximum atomic E-state index is 13.0. The second kappa shape index (κ2) is 10.6. The minimum atomic E-state index is -4.80. The molecule has 1 amide bonds. The summed E-state index contributed by atoms with van der Waals surface area (Å²) in [5.41, 5.74) is 2.49. The maximum Gasteiger partial charge on any atom is 0.455 e. The van der Waals surface area contributed by atoms with Gasteiger partial charge in [0.05, 0.1) is 12.6 Å². The minimum Gasteiger partial charge on any atom is -0.394 e. The number of rotatable bonds is 8. The first-order valence-corrected chi connectivity index (χ1v) is 11.0. The summed E-state index contributed by atoms with van der Waals surface area (Å²) in [5.74, 6) is -1.97. The molecule has 10 nitrogen and oxygen atoms in total. The Bertz CT molecular complexity index is 1390. The Balaban J connectivity index is 1.70. The first-order valence-electron chi connectivity index (χ1n) is 11.0. The Kier molecular flexibility index (Phi) is 7.34. The molecule has 2 heterocycles. The van der Waals surface area contributed by atoms with Crippen LogP contribution in [0.4, 0.5) is 30.6 Å². The molecule has 0 unspecified atom stereocenters. The van der Waals surface area contributed by atoms with Gasteiger partial charge in [-0.05, 0) is 36.2 Å². The van der Waals surface area contributed by atoms with Gasteiger partial charge in [0, 0.05) is 24.5 Å². The van der Waals surface area contributed by atoms with Crippen molar-refractivity contribution in [3.63, 3.8) is 0 Å². The summed E-state index contributed by atoms with van der Waals surface area (Å²) in [4.78, 5) is 24.0. The summed E-state index contributed by atoms with van der Waals surface area (Å²) in [6.45, 7) is 1.43. The number of aliphatic hydroxyl groups excluding tert-OH is 1. The first kappa shape index (κ1) is 25.6. The number of carbonyl (C=O) groups is 1. The molecule has 2 aromatic heterocycles. The SMILES string of the molecule is CNC(=O)c1ccc(Nc2ncc(-c3nc(C(F)(F)F)no3)c(N[C@H](CO)c3ccccc3)n2)cc1C. The van der Waals surface area contributed by atoms with Gasteiger partial charge in [0.25, 0.3) is 17.6 Å². The van der Waals surface area contributed by atoms with E-state index in [0.717, 1.165) is 0 Å². The standard InChI is InChI=1S/C24H22F3N7O3/c1-13-10-15(8-9-16(13)20(36)28-2)30-23-29-11-17(21-33-22(34-37-21)24(25,26)27)19(32-23)31-18(12-35)14-6-4-3-5-7-14/h3-11,18,35H,12H2,1-2H3,(H,28,36)(H2,29,30,31,32)/t18-/m1/s1. The summed E-state index contributed by atoms with van der Waals surface area (Å²) < 4.78 is 44.0. The molecule has 0 saturated carbocycles. The van der Waals surface area contributed by atoms with Gasteiger partial charge in [0.1, 0.15) is 11.4 Å². The van der Waals surface area contributed by atoms with Crippen LogP contribution >= 0.6 is 0 Å². The van der Waals surface area contributed by atoms with Crippen molar-refractivity contribution in [1.82, 2.24) is 25.4 Å². The molecule has 0 aliphatic rings. The molecule has 0 saturated heterocycles. The van der Waals surface area contributed by atoms with E-state index in [1.165, 1.54) is 13.2 Å². The number of aryl methyl sites for hydroxylation is 1. The van der Waals surface area contributed by atoms with E-state index in [0.29, 0.717) is 22.4 Å². The van der Waals surface area contributed by atoms with Crippen molar-refractivity contribution < 1.29 is 27.6 Å². The molecule has 4 N–H and O–H groups in total. The molecule has 2 aromatic carbocycles. The predicted molar refractivity (Wildman–Crippen MR) is 128 cm³/mol. The number of nitrogens with zero attached hydrogens (tertiary/aromatic N) is 4. The van der Waals surface area contributed by atoms with E-state index in [2.05, 4.69) is 36.1 Å². The van der Waals surface area contributed by atoms with Gasteiger partial charge < -0.3 is 25.6 Å². The maximum absolute atomic E-state index is 13.0. The van der Waals surface area contributed by atoms with Crippen molar-refractivity contribution in [2.45, 2.75) is 19.1 Å². The Labute approximate surface area is 209 Å². The molecule has 4 aromatic rings. The van der Waals surface area contributed by atoms with Crippen LogP contribution in [0.5, 0.6) is 0 Å². The van der Waals surface area contributed by atoms with Crippen LogP contribution in [0.2, 0.25) is 0 Å². The number of anilines is 3. The number of hydrogen-bond donors (Lipinski definition) is 4. The molecule has 0 fully saturated rings. The van der Waals surface area contributed by atoms with Gasteiger partial charge in [-0.1, -0.05) is 35.5 Å². The second-order valence-electron chi connectivity index (χ2n) is 7.90. The molecule has 37 heavy (non-hydrogen) atoms. The number of alkyl halides is 3. The third-order valence-corrected chi connectivity index (χ3v) is 5.35. The average molecular weight is 513 g/mol. The van der Waals surface area contributed by atoms with E-state index < -0.39 is 23.9 Å². The van der Waals surface area contributed by atoms with Gasteiger partial charge in [0.15, 0.2) is 0 Å². The van der Waals surface area contributed by atoms with Gasteiger partial charge in [-0.25, -0.2) is 4.98 Å². The average Bonchev–Trinajstić information content (AvgIpc) is 3.38. The van der Waals surface area contributed by atoms with Crippen molar-refractivity contribution in [2.75, 3.05) is 24.3 Å². The molecule has 0 aliphatic heterocycles. The van der Waals surface area contributed by atoms with Crippen molar-refractivity contribution in [3.8, 4) is 11.5 Å². The topological polar surface area (TPSA) is 138 Å². The van der Waals surface area contributed by atoms with Gasteiger partial charge in [0.2, 0.25) is 5.95 Å². The fourth-order valence-electron chi connectivity index (χ4n) is 3.50. The summed E-state index contributed by atoms with van der Waals surface area (Å²) in [5, 5.41) is 21.6. The fourth-order valence-corrected chi connectivity index (χ4v) is 3.50. The number of carbonyl (C=O) groups excluding carboxylic acids is 1. The van der Waals surface area contributed by atoms with Crippen LogP contribution in [0, 0.1) is 6.92 Å². The van der Waals surface area contributed by atoms with Crippen LogP contribution in [-0.4, -0.2) is 44.8 Å². The van der Waals surface area contributed by atoms with E-state index in [-0.39, 0.29) is 29.8 Å². The quantitative estimate of drug-likeness (QED) is 0.274. The molecule has 0 aliphatic carbocycles. The fraction of sp³-hybridized carbons (Fsp3) is 0.208. The number of nitrogens with one attached hydrogen (secondary N) is 3. The van der Waals surface area contributed by atoms with E-state index in [1.807, 2.05) is 6.07 Å². The minimum absolute atomic E-state index is 0.00840. The Morgan fingerprint density at radius 1 is 1.14 bits per heavy atom. The molecular weight excluding hydrogens is 491 g/mol. The highest BCUT2D eigenvalue weighted by atomic mass is 19.4. The van der Waals surface area contributed by atoms with Crippen LogP contribution in [0.25, 0.3) is 11.5 Å². The van der Waals surface area contributed by atoms with Gasteiger partial charge in [-0.3, -0.25) is 4.79 Å². The zero-order valence-corrected chi connectivity index (χ0v) is 19.7. The van der Waals surface area contributed by atoms with Crippen LogP contribution in [0.15, 0.2) is 59.3 Å². The number of aromatic nitrogens is 4. The largest absolute Gasteiger partial charge is 0.455 e. The number of halogens is 3. The highest BCUT2D eigenvalue weighted by Crippen LogP contribution is 2.33. The molecule has 192 valence electrons.